The Hall–Kier alpha value is -1.46. The Morgan fingerprint density at radius 2 is 2.04 bits per heavy atom. The highest BCUT2D eigenvalue weighted by atomic mass is 35.5. The SMILES string of the molecule is Cc1ccc(NC(=O)CSc2nc(C)c(C)n2C2CCCC2)cc1Cl. The molecule has 1 aromatic heterocycles. The Bertz CT molecular complexity index is 781. The van der Waals surface area contributed by atoms with Crippen LogP contribution >= 0.6 is 23.4 Å². The van der Waals surface area contributed by atoms with Crippen LogP contribution in [0.15, 0.2) is 23.4 Å². The number of aryl methyl sites for hydroxylation is 2. The fourth-order valence-corrected chi connectivity index (χ4v) is 4.43. The summed E-state index contributed by atoms with van der Waals surface area (Å²) in [5.41, 5.74) is 4.01. The molecule has 0 saturated heterocycles. The minimum Gasteiger partial charge on any atom is -0.325 e. The minimum absolute atomic E-state index is 0.0406. The lowest BCUT2D eigenvalue weighted by Gasteiger charge is -2.17. The first-order chi connectivity index (χ1) is 12.0. The van der Waals surface area contributed by atoms with E-state index in [4.69, 9.17) is 11.6 Å². The number of halogens is 1. The van der Waals surface area contributed by atoms with Crippen LogP contribution in [0.1, 0.15) is 48.7 Å². The number of carbonyl (C=O) groups excluding carboxylic acids is 1. The van der Waals surface area contributed by atoms with Gasteiger partial charge in [-0.2, -0.15) is 0 Å². The summed E-state index contributed by atoms with van der Waals surface area (Å²) in [5, 5.41) is 4.53. The van der Waals surface area contributed by atoms with Crippen LogP contribution in [0.2, 0.25) is 5.02 Å². The maximum absolute atomic E-state index is 12.3. The van der Waals surface area contributed by atoms with Crippen molar-refractivity contribution in [3.8, 4) is 0 Å². The second-order valence-electron chi connectivity index (χ2n) is 6.67. The molecule has 1 saturated carbocycles. The fraction of sp³-hybridized carbons (Fsp3) is 0.474. The van der Waals surface area contributed by atoms with E-state index in [9.17, 15) is 4.79 Å². The summed E-state index contributed by atoms with van der Waals surface area (Å²) in [6.07, 6.45) is 4.97. The lowest BCUT2D eigenvalue weighted by atomic mass is 10.2. The summed E-state index contributed by atoms with van der Waals surface area (Å²) in [7, 11) is 0. The Balaban J connectivity index is 1.65. The van der Waals surface area contributed by atoms with Crippen LogP contribution in [0.25, 0.3) is 0 Å². The van der Waals surface area contributed by atoms with Gasteiger partial charge in [-0.3, -0.25) is 4.79 Å². The van der Waals surface area contributed by atoms with E-state index in [0.717, 1.165) is 22.1 Å². The molecule has 1 fully saturated rings. The third-order valence-corrected chi connectivity index (χ3v) is 6.19. The van der Waals surface area contributed by atoms with Crippen LogP contribution in [0.5, 0.6) is 0 Å². The quantitative estimate of drug-likeness (QED) is 0.718. The zero-order chi connectivity index (χ0) is 18.0. The molecular formula is C19H24ClN3OS. The largest absolute Gasteiger partial charge is 0.325 e. The molecule has 134 valence electrons. The molecule has 1 aliphatic carbocycles. The van der Waals surface area contributed by atoms with Gasteiger partial charge in [0.1, 0.15) is 0 Å². The van der Waals surface area contributed by atoms with Gasteiger partial charge >= 0.3 is 0 Å². The van der Waals surface area contributed by atoms with Crippen molar-refractivity contribution in [2.75, 3.05) is 11.1 Å². The van der Waals surface area contributed by atoms with Gasteiger partial charge in [0.05, 0.1) is 11.4 Å². The molecule has 1 amide bonds. The zero-order valence-corrected chi connectivity index (χ0v) is 16.5. The predicted octanol–water partition coefficient (Wildman–Crippen LogP) is 5.31. The van der Waals surface area contributed by atoms with Crippen molar-refractivity contribution in [3.05, 3.63) is 40.2 Å². The number of anilines is 1. The van der Waals surface area contributed by atoms with E-state index in [1.54, 1.807) is 6.07 Å². The second kappa shape index (κ2) is 7.83. The minimum atomic E-state index is -0.0406. The first kappa shape index (κ1) is 18.3. The number of nitrogens with one attached hydrogen (secondary N) is 1. The number of aromatic nitrogens is 2. The van der Waals surface area contributed by atoms with Gasteiger partial charge in [-0.1, -0.05) is 42.3 Å². The molecule has 3 rings (SSSR count). The van der Waals surface area contributed by atoms with E-state index in [0.29, 0.717) is 16.8 Å². The van der Waals surface area contributed by atoms with Crippen molar-refractivity contribution >= 4 is 35.0 Å². The Morgan fingerprint density at radius 1 is 1.32 bits per heavy atom. The van der Waals surface area contributed by atoms with E-state index >= 15 is 0 Å². The molecule has 0 spiro atoms. The van der Waals surface area contributed by atoms with Crippen molar-refractivity contribution < 1.29 is 4.79 Å². The van der Waals surface area contributed by atoms with Crippen molar-refractivity contribution in [3.63, 3.8) is 0 Å². The molecule has 0 bridgehead atoms. The van der Waals surface area contributed by atoms with Crippen LogP contribution in [0.4, 0.5) is 5.69 Å². The van der Waals surface area contributed by atoms with Crippen molar-refractivity contribution in [1.29, 1.82) is 0 Å². The molecule has 25 heavy (non-hydrogen) atoms. The van der Waals surface area contributed by atoms with Crippen molar-refractivity contribution in [2.45, 2.75) is 57.7 Å². The van der Waals surface area contributed by atoms with Crippen molar-refractivity contribution in [1.82, 2.24) is 9.55 Å². The van der Waals surface area contributed by atoms with Crippen LogP contribution < -0.4 is 5.32 Å². The molecule has 0 radical (unpaired) electrons. The molecule has 1 aliphatic rings. The number of carbonyl (C=O) groups is 1. The van der Waals surface area contributed by atoms with Gasteiger partial charge < -0.3 is 9.88 Å². The Morgan fingerprint density at radius 3 is 2.72 bits per heavy atom. The van der Waals surface area contributed by atoms with E-state index in [1.807, 2.05) is 26.0 Å². The smallest absolute Gasteiger partial charge is 0.234 e. The van der Waals surface area contributed by atoms with E-state index in [-0.39, 0.29) is 5.91 Å². The molecule has 0 atom stereocenters. The number of benzene rings is 1. The van der Waals surface area contributed by atoms with Gasteiger partial charge in [-0.25, -0.2) is 4.98 Å². The van der Waals surface area contributed by atoms with Crippen LogP contribution in [0, 0.1) is 20.8 Å². The number of amides is 1. The standard InChI is InChI=1S/C19H24ClN3OS/c1-12-8-9-15(10-17(12)20)22-18(24)11-25-19-21-13(2)14(3)23(19)16-6-4-5-7-16/h8-10,16H,4-7,11H2,1-3H3,(H,22,24). The normalized spacial score (nSPS) is 14.9. The predicted molar refractivity (Wildman–Crippen MR) is 105 cm³/mol. The summed E-state index contributed by atoms with van der Waals surface area (Å²) in [5.74, 6) is 0.301. The number of nitrogens with zero attached hydrogens (tertiary/aromatic N) is 2. The molecule has 0 unspecified atom stereocenters. The summed E-state index contributed by atoms with van der Waals surface area (Å²) >= 11 is 7.62. The van der Waals surface area contributed by atoms with Crippen LogP contribution in [-0.2, 0) is 4.79 Å². The third kappa shape index (κ3) is 4.21. The van der Waals surface area contributed by atoms with Gasteiger partial charge in [0.25, 0.3) is 0 Å². The van der Waals surface area contributed by atoms with Gasteiger partial charge in [0.2, 0.25) is 5.91 Å². The average Bonchev–Trinajstić information content (AvgIpc) is 3.18. The second-order valence-corrected chi connectivity index (χ2v) is 8.02. The van der Waals surface area contributed by atoms with E-state index in [1.165, 1.54) is 43.1 Å². The monoisotopic (exact) mass is 377 g/mol. The fourth-order valence-electron chi connectivity index (χ4n) is 3.29. The maximum Gasteiger partial charge on any atom is 0.234 e. The number of imidazole rings is 1. The van der Waals surface area contributed by atoms with Gasteiger partial charge in [-0.15, -0.1) is 0 Å². The van der Waals surface area contributed by atoms with Gasteiger partial charge in [-0.05, 0) is 51.3 Å². The number of hydrogen-bond donors (Lipinski definition) is 1. The summed E-state index contributed by atoms with van der Waals surface area (Å²) in [4.78, 5) is 17.0. The summed E-state index contributed by atoms with van der Waals surface area (Å²) in [6.45, 7) is 6.11. The molecule has 1 heterocycles. The Labute approximate surface area is 158 Å². The molecule has 2 aromatic rings. The molecule has 1 aromatic carbocycles. The number of thioether (sulfide) groups is 1. The Kier molecular flexibility index (Phi) is 5.74. The highest BCUT2D eigenvalue weighted by Crippen LogP contribution is 2.35. The molecule has 6 heteroatoms. The number of hydrogen-bond acceptors (Lipinski definition) is 3. The van der Waals surface area contributed by atoms with Crippen molar-refractivity contribution in [2.24, 2.45) is 0 Å². The molecular weight excluding hydrogens is 354 g/mol. The highest BCUT2D eigenvalue weighted by Gasteiger charge is 2.23. The summed E-state index contributed by atoms with van der Waals surface area (Å²) in [6, 6.07) is 6.10. The first-order valence-electron chi connectivity index (χ1n) is 8.70. The topological polar surface area (TPSA) is 46.9 Å². The van der Waals surface area contributed by atoms with E-state index in [2.05, 4.69) is 21.8 Å². The molecule has 4 nitrogen and oxygen atoms in total. The van der Waals surface area contributed by atoms with Gasteiger partial charge in [0, 0.05) is 22.4 Å². The first-order valence-corrected chi connectivity index (χ1v) is 10.1. The zero-order valence-electron chi connectivity index (χ0n) is 14.9. The highest BCUT2D eigenvalue weighted by molar-refractivity contribution is 7.99. The molecule has 0 aliphatic heterocycles. The van der Waals surface area contributed by atoms with Crippen LogP contribution in [0.3, 0.4) is 0 Å². The van der Waals surface area contributed by atoms with E-state index < -0.39 is 0 Å². The third-order valence-electron chi connectivity index (χ3n) is 4.83. The lowest BCUT2D eigenvalue weighted by molar-refractivity contribution is -0.113. The average molecular weight is 378 g/mol. The maximum atomic E-state index is 12.3. The van der Waals surface area contributed by atoms with Crippen LogP contribution in [-0.4, -0.2) is 21.2 Å². The molecule has 1 N–H and O–H groups in total. The summed E-state index contributed by atoms with van der Waals surface area (Å²) < 4.78 is 2.34. The van der Waals surface area contributed by atoms with Gasteiger partial charge in [0.15, 0.2) is 5.16 Å². The lowest BCUT2D eigenvalue weighted by Crippen LogP contribution is -2.15. The number of rotatable bonds is 5.